The summed E-state index contributed by atoms with van der Waals surface area (Å²) < 4.78 is 47.0. The summed E-state index contributed by atoms with van der Waals surface area (Å²) in [5.41, 5.74) is -1.19. The number of pyridine rings is 1. The second-order valence-electron chi connectivity index (χ2n) is 11.3. The third-order valence-corrected chi connectivity index (χ3v) is 8.60. The second-order valence-corrected chi connectivity index (χ2v) is 11.3. The van der Waals surface area contributed by atoms with Crippen LogP contribution in [0.5, 0.6) is 0 Å². The number of carboxylic acid groups (broad SMARTS) is 1. The summed E-state index contributed by atoms with van der Waals surface area (Å²) in [5, 5.41) is 17.4. The van der Waals surface area contributed by atoms with Crippen LogP contribution in [0.3, 0.4) is 0 Å². The molecule has 0 saturated heterocycles. The predicted octanol–water partition coefficient (Wildman–Crippen LogP) is 4.47. The fourth-order valence-electron chi connectivity index (χ4n) is 6.49. The Hall–Kier alpha value is -3.15. The number of nitrogens with zero attached hydrogens (tertiary/aromatic N) is 6. The van der Waals surface area contributed by atoms with Crippen LogP contribution in [-0.2, 0) is 24.6 Å². The van der Waals surface area contributed by atoms with Crippen LogP contribution in [-0.4, -0.2) is 53.3 Å². The molecular weight excluding hydrogens is 513 g/mol. The number of imidazole rings is 1. The Morgan fingerprint density at radius 2 is 1.90 bits per heavy atom. The van der Waals surface area contributed by atoms with E-state index in [2.05, 4.69) is 10.2 Å². The lowest BCUT2D eigenvalue weighted by Crippen LogP contribution is -2.34. The molecule has 1 N–H and O–H groups in total. The summed E-state index contributed by atoms with van der Waals surface area (Å²) in [7, 11) is 3.59. The SMILES string of the molecule is CN(CCC(=O)O)Cc1cc(C(F)(F)F)c2cn(C3CCCC([C@H](c4nncn4C)C4CCC4)C3)c(=O)n2c1. The van der Waals surface area contributed by atoms with E-state index in [4.69, 9.17) is 5.11 Å². The Kier molecular flexibility index (Phi) is 7.58. The number of aliphatic carboxylic acids is 1. The number of hydrogen-bond acceptors (Lipinski definition) is 5. The van der Waals surface area contributed by atoms with Crippen molar-refractivity contribution in [2.45, 2.75) is 76.0 Å². The lowest BCUT2D eigenvalue weighted by atomic mass is 9.66. The first-order valence-electron chi connectivity index (χ1n) is 13.6. The zero-order chi connectivity index (χ0) is 27.9. The second kappa shape index (κ2) is 10.8. The summed E-state index contributed by atoms with van der Waals surface area (Å²) in [5.74, 6) is 0.980. The standard InChI is InChI=1S/C27H35F3N6O3/c1-33(10-9-23(37)38)13-17-11-21(27(28,29)30)22-15-35(26(39)36(22)14-17)20-8-4-7-19(12-20)24(18-5-3-6-18)25-32-31-16-34(25)2/h11,14-16,18-20,24H,3-10,12-13H2,1-2H3,(H,37,38)/t19?,20?,24-/m1/s1. The van der Waals surface area contributed by atoms with Crippen molar-refractivity contribution in [3.63, 3.8) is 0 Å². The summed E-state index contributed by atoms with van der Waals surface area (Å²) in [4.78, 5) is 26.1. The fourth-order valence-corrected chi connectivity index (χ4v) is 6.49. The number of carbonyl (C=O) groups is 1. The number of carboxylic acids is 1. The third-order valence-electron chi connectivity index (χ3n) is 8.60. The van der Waals surface area contributed by atoms with E-state index in [0.29, 0.717) is 17.9 Å². The highest BCUT2D eigenvalue weighted by atomic mass is 19.4. The summed E-state index contributed by atoms with van der Waals surface area (Å²) in [6, 6.07) is 0.871. The van der Waals surface area contributed by atoms with E-state index < -0.39 is 23.4 Å². The maximum atomic E-state index is 14.1. The minimum atomic E-state index is -4.64. The van der Waals surface area contributed by atoms with Crippen LogP contribution in [0.1, 0.15) is 80.3 Å². The van der Waals surface area contributed by atoms with Crippen molar-refractivity contribution in [2.75, 3.05) is 13.6 Å². The predicted molar refractivity (Wildman–Crippen MR) is 137 cm³/mol. The lowest BCUT2D eigenvalue weighted by Gasteiger charge is -2.41. The van der Waals surface area contributed by atoms with Crippen LogP contribution in [0, 0.1) is 11.8 Å². The Labute approximate surface area is 224 Å². The molecule has 3 atom stereocenters. The summed E-state index contributed by atoms with van der Waals surface area (Å²) >= 11 is 0. The molecule has 3 heterocycles. The average Bonchev–Trinajstić information content (AvgIpc) is 3.42. The van der Waals surface area contributed by atoms with Gasteiger partial charge in [-0.2, -0.15) is 13.2 Å². The third kappa shape index (κ3) is 5.61. The zero-order valence-electron chi connectivity index (χ0n) is 22.3. The summed E-state index contributed by atoms with van der Waals surface area (Å²) in [6.07, 6.45) is 6.54. The van der Waals surface area contributed by atoms with Gasteiger partial charge in [0.05, 0.1) is 17.5 Å². The van der Waals surface area contributed by atoms with Gasteiger partial charge < -0.3 is 14.6 Å². The minimum absolute atomic E-state index is 0.0934. The number of aryl methyl sites for hydroxylation is 1. The molecule has 0 spiro atoms. The zero-order valence-corrected chi connectivity index (χ0v) is 22.3. The van der Waals surface area contributed by atoms with Gasteiger partial charge in [0.25, 0.3) is 0 Å². The summed E-state index contributed by atoms with van der Waals surface area (Å²) in [6.45, 7) is 0.276. The van der Waals surface area contributed by atoms with Crippen LogP contribution < -0.4 is 5.69 Å². The lowest BCUT2D eigenvalue weighted by molar-refractivity contribution is -0.137. The van der Waals surface area contributed by atoms with Gasteiger partial charge in [-0.15, -0.1) is 10.2 Å². The van der Waals surface area contributed by atoms with E-state index in [0.717, 1.165) is 48.4 Å². The van der Waals surface area contributed by atoms with Crippen LogP contribution in [0.15, 0.2) is 29.6 Å². The highest BCUT2D eigenvalue weighted by molar-refractivity contribution is 5.66. The smallest absolute Gasteiger partial charge is 0.418 e. The van der Waals surface area contributed by atoms with Crippen molar-refractivity contribution in [3.8, 4) is 0 Å². The maximum Gasteiger partial charge on any atom is 0.418 e. The van der Waals surface area contributed by atoms with Crippen LogP contribution in [0.4, 0.5) is 13.2 Å². The molecule has 212 valence electrons. The van der Waals surface area contributed by atoms with Gasteiger partial charge in [-0.05, 0) is 62.6 Å². The molecule has 5 rings (SSSR count). The molecule has 0 aromatic carbocycles. The van der Waals surface area contributed by atoms with Crippen molar-refractivity contribution in [3.05, 3.63) is 52.2 Å². The van der Waals surface area contributed by atoms with E-state index >= 15 is 0 Å². The van der Waals surface area contributed by atoms with E-state index in [1.54, 1.807) is 18.3 Å². The molecule has 9 nitrogen and oxygen atoms in total. The highest BCUT2D eigenvalue weighted by Gasteiger charge is 2.40. The number of alkyl halides is 3. The van der Waals surface area contributed by atoms with Gasteiger partial charge in [0.2, 0.25) is 0 Å². The molecule has 0 aliphatic heterocycles. The minimum Gasteiger partial charge on any atom is -0.481 e. The Morgan fingerprint density at radius 1 is 1.18 bits per heavy atom. The molecule has 2 aliphatic carbocycles. The Morgan fingerprint density at radius 3 is 2.51 bits per heavy atom. The molecule has 39 heavy (non-hydrogen) atoms. The van der Waals surface area contributed by atoms with Crippen LogP contribution >= 0.6 is 0 Å². The first kappa shape index (κ1) is 27.4. The number of hydrogen-bond donors (Lipinski definition) is 1. The van der Waals surface area contributed by atoms with Gasteiger partial charge >= 0.3 is 17.8 Å². The van der Waals surface area contributed by atoms with Gasteiger partial charge in [-0.1, -0.05) is 12.8 Å². The molecule has 12 heteroatoms. The van der Waals surface area contributed by atoms with Crippen molar-refractivity contribution < 1.29 is 23.1 Å². The first-order chi connectivity index (χ1) is 18.5. The van der Waals surface area contributed by atoms with Crippen molar-refractivity contribution in [1.82, 2.24) is 28.6 Å². The van der Waals surface area contributed by atoms with Gasteiger partial charge in [-0.25, -0.2) is 4.79 Å². The van der Waals surface area contributed by atoms with Gasteiger partial charge in [-0.3, -0.25) is 13.8 Å². The monoisotopic (exact) mass is 548 g/mol. The fraction of sp³-hybridized carbons (Fsp3) is 0.630. The normalized spacial score (nSPS) is 21.4. The molecule has 3 aromatic rings. The molecule has 0 radical (unpaired) electrons. The quantitative estimate of drug-likeness (QED) is 0.424. The van der Waals surface area contributed by atoms with Crippen molar-refractivity contribution in [1.29, 1.82) is 0 Å². The number of halogens is 3. The van der Waals surface area contributed by atoms with E-state index in [-0.39, 0.29) is 42.9 Å². The highest BCUT2D eigenvalue weighted by Crippen LogP contribution is 2.49. The van der Waals surface area contributed by atoms with E-state index in [1.165, 1.54) is 23.4 Å². The first-order valence-corrected chi connectivity index (χ1v) is 13.6. The number of aromatic nitrogens is 5. The van der Waals surface area contributed by atoms with Crippen molar-refractivity contribution >= 4 is 11.5 Å². The maximum absolute atomic E-state index is 14.1. The van der Waals surface area contributed by atoms with Gasteiger partial charge in [0.15, 0.2) is 0 Å². The van der Waals surface area contributed by atoms with E-state index in [1.807, 2.05) is 11.6 Å². The Balaban J connectivity index is 1.47. The van der Waals surface area contributed by atoms with Gasteiger partial charge in [0, 0.05) is 44.5 Å². The average molecular weight is 549 g/mol. The van der Waals surface area contributed by atoms with Crippen LogP contribution in [0.2, 0.25) is 0 Å². The molecule has 2 unspecified atom stereocenters. The molecule has 2 fully saturated rings. The largest absolute Gasteiger partial charge is 0.481 e. The molecule has 0 bridgehead atoms. The number of fused-ring (bicyclic) bond motifs is 1. The Bertz CT molecular complexity index is 1390. The molecule has 0 amide bonds. The number of rotatable bonds is 9. The topological polar surface area (TPSA) is 97.7 Å². The molecule has 3 aromatic heterocycles. The van der Waals surface area contributed by atoms with Crippen molar-refractivity contribution in [2.24, 2.45) is 18.9 Å². The molecule has 2 aliphatic rings. The van der Waals surface area contributed by atoms with Crippen LogP contribution in [0.25, 0.3) is 5.52 Å². The molecular formula is C27H35F3N6O3. The van der Waals surface area contributed by atoms with E-state index in [9.17, 15) is 22.8 Å². The van der Waals surface area contributed by atoms with Gasteiger partial charge in [0.1, 0.15) is 12.2 Å². The molecule has 2 saturated carbocycles.